The summed E-state index contributed by atoms with van der Waals surface area (Å²) in [7, 11) is 0. The summed E-state index contributed by atoms with van der Waals surface area (Å²) in [5, 5.41) is 0. The molecule has 0 heterocycles. The van der Waals surface area contributed by atoms with E-state index in [1.807, 2.05) is 6.08 Å². The van der Waals surface area contributed by atoms with Gasteiger partial charge in [0.05, 0.1) is 6.61 Å². The molecular formula is C11H21LiO2. The van der Waals surface area contributed by atoms with E-state index in [-0.39, 0.29) is 18.9 Å². The van der Waals surface area contributed by atoms with Crippen LogP contribution in [0.3, 0.4) is 0 Å². The van der Waals surface area contributed by atoms with Crippen molar-refractivity contribution in [3.63, 3.8) is 0 Å². The number of unbranched alkanes of at least 4 members (excludes halogenated alkanes) is 1. The molecule has 78 valence electrons. The van der Waals surface area contributed by atoms with Crippen molar-refractivity contribution in [2.45, 2.75) is 32.6 Å². The van der Waals surface area contributed by atoms with Crippen LogP contribution in [0.15, 0.2) is 12.2 Å². The quantitative estimate of drug-likeness (QED) is 0.168. The molecule has 0 saturated carbocycles. The van der Waals surface area contributed by atoms with E-state index in [1.54, 1.807) is 0 Å². The third kappa shape index (κ3) is 14.8. The Bertz CT molecular complexity index is 116. The van der Waals surface area contributed by atoms with Crippen LogP contribution >= 0.6 is 0 Å². The zero-order valence-corrected chi connectivity index (χ0v) is 9.63. The fraction of sp³-hybridized carbons (Fsp3) is 0.727. The molecule has 0 unspecified atom stereocenters. The average Bonchev–Trinajstić information content (AvgIpc) is 2.16. The maximum absolute atomic E-state index is 5.23. The molecule has 0 aliphatic heterocycles. The monoisotopic (exact) mass is 192 g/mol. The van der Waals surface area contributed by atoms with Crippen LogP contribution in [0.2, 0.25) is 0 Å². The van der Waals surface area contributed by atoms with E-state index in [1.165, 1.54) is 6.42 Å². The van der Waals surface area contributed by atoms with E-state index < -0.39 is 0 Å². The molecule has 14 heavy (non-hydrogen) atoms. The van der Waals surface area contributed by atoms with Gasteiger partial charge in [-0.2, -0.15) is 6.42 Å². The van der Waals surface area contributed by atoms with Crippen LogP contribution in [-0.4, -0.2) is 20.0 Å². The van der Waals surface area contributed by atoms with Gasteiger partial charge in [0.1, 0.15) is 6.79 Å². The standard InChI is InChI=1S/C11H21O2.Li/c1-3-5-7-8-10-13-11-12-9-6-4-2;/h5,7H,1,3-4,6,8-11H2,2H3;/q-1;+1/b7-5+;. The molecule has 0 rings (SSSR count). The summed E-state index contributed by atoms with van der Waals surface area (Å²) in [6.07, 6.45) is 8.22. The minimum atomic E-state index is 0. The van der Waals surface area contributed by atoms with Crippen molar-refractivity contribution in [2.24, 2.45) is 0 Å². The average molecular weight is 192 g/mol. The molecular weight excluding hydrogens is 171 g/mol. The molecule has 0 fully saturated rings. The van der Waals surface area contributed by atoms with Crippen molar-refractivity contribution in [2.75, 3.05) is 20.0 Å². The van der Waals surface area contributed by atoms with E-state index in [9.17, 15) is 0 Å². The van der Waals surface area contributed by atoms with Gasteiger partial charge >= 0.3 is 18.9 Å². The van der Waals surface area contributed by atoms with Gasteiger partial charge in [0.15, 0.2) is 0 Å². The topological polar surface area (TPSA) is 18.5 Å². The maximum atomic E-state index is 5.23. The first-order valence-corrected chi connectivity index (χ1v) is 5.01. The summed E-state index contributed by atoms with van der Waals surface area (Å²) in [5.74, 6) is 0. The molecule has 0 aromatic heterocycles. The number of allylic oxidation sites excluding steroid dienone is 1. The van der Waals surface area contributed by atoms with Crippen molar-refractivity contribution in [1.82, 2.24) is 0 Å². The Kier molecular flexibility index (Phi) is 18.7. The summed E-state index contributed by atoms with van der Waals surface area (Å²) in [5.41, 5.74) is 0. The van der Waals surface area contributed by atoms with Gasteiger partial charge < -0.3 is 16.4 Å². The fourth-order valence-electron chi connectivity index (χ4n) is 0.810. The number of ether oxygens (including phenoxy) is 2. The first-order valence-electron chi connectivity index (χ1n) is 5.01. The predicted molar refractivity (Wildman–Crippen MR) is 55.4 cm³/mol. The normalized spacial score (nSPS) is 10.4. The largest absolute Gasteiger partial charge is 1.00 e. The Balaban J connectivity index is 0. The van der Waals surface area contributed by atoms with Gasteiger partial charge in [-0.1, -0.05) is 19.4 Å². The Labute approximate surface area is 100 Å². The molecule has 0 saturated heterocycles. The third-order valence-corrected chi connectivity index (χ3v) is 1.57. The van der Waals surface area contributed by atoms with E-state index in [0.29, 0.717) is 6.79 Å². The first kappa shape index (κ1) is 16.7. The first-order chi connectivity index (χ1) is 6.41. The second-order valence-corrected chi connectivity index (χ2v) is 2.84. The maximum Gasteiger partial charge on any atom is 1.00 e. The van der Waals surface area contributed by atoms with Crippen molar-refractivity contribution in [3.8, 4) is 0 Å². The van der Waals surface area contributed by atoms with Crippen molar-refractivity contribution in [3.05, 3.63) is 19.1 Å². The van der Waals surface area contributed by atoms with E-state index in [0.717, 1.165) is 32.5 Å². The summed E-state index contributed by atoms with van der Waals surface area (Å²) >= 11 is 0. The summed E-state index contributed by atoms with van der Waals surface area (Å²) < 4.78 is 10.5. The molecule has 0 aromatic rings. The number of hydrogen-bond donors (Lipinski definition) is 0. The van der Waals surface area contributed by atoms with Gasteiger partial charge in [0.25, 0.3) is 0 Å². The van der Waals surface area contributed by atoms with Gasteiger partial charge in [0.2, 0.25) is 0 Å². The van der Waals surface area contributed by atoms with Gasteiger partial charge in [-0.25, -0.2) is 0 Å². The molecule has 0 spiro atoms. The van der Waals surface area contributed by atoms with Crippen molar-refractivity contribution >= 4 is 0 Å². The van der Waals surface area contributed by atoms with Crippen LogP contribution in [0.5, 0.6) is 0 Å². The Hall–Kier alpha value is 0.257. The van der Waals surface area contributed by atoms with Crippen LogP contribution in [0, 0.1) is 6.92 Å². The molecule has 0 bridgehead atoms. The Morgan fingerprint density at radius 1 is 1.14 bits per heavy atom. The SMILES string of the molecule is [CH2-]C/C=C/CCOCOCCCC.[Li+]. The molecule has 0 N–H and O–H groups in total. The smallest absolute Gasteiger partial charge is 0.355 e. The summed E-state index contributed by atoms with van der Waals surface area (Å²) in [6.45, 7) is 7.83. The second-order valence-electron chi connectivity index (χ2n) is 2.84. The van der Waals surface area contributed by atoms with E-state index in [4.69, 9.17) is 9.47 Å². The fourth-order valence-corrected chi connectivity index (χ4v) is 0.810. The second kappa shape index (κ2) is 15.7. The number of rotatable bonds is 9. The Morgan fingerprint density at radius 3 is 2.50 bits per heavy atom. The van der Waals surface area contributed by atoms with Gasteiger partial charge in [-0.05, 0) is 12.8 Å². The summed E-state index contributed by atoms with van der Waals surface area (Å²) in [6, 6.07) is 0. The van der Waals surface area contributed by atoms with E-state index >= 15 is 0 Å². The Morgan fingerprint density at radius 2 is 1.86 bits per heavy atom. The van der Waals surface area contributed by atoms with Crippen LogP contribution in [0.4, 0.5) is 0 Å². The van der Waals surface area contributed by atoms with Crippen LogP contribution in [0.1, 0.15) is 32.6 Å². The summed E-state index contributed by atoms with van der Waals surface area (Å²) in [4.78, 5) is 0. The zero-order valence-electron chi connectivity index (χ0n) is 9.63. The van der Waals surface area contributed by atoms with Crippen molar-refractivity contribution < 1.29 is 28.3 Å². The molecule has 0 aromatic carbocycles. The van der Waals surface area contributed by atoms with Gasteiger partial charge in [-0.15, -0.1) is 6.08 Å². The van der Waals surface area contributed by atoms with Gasteiger partial charge in [-0.3, -0.25) is 0 Å². The molecule has 0 aliphatic carbocycles. The zero-order chi connectivity index (χ0) is 9.78. The van der Waals surface area contributed by atoms with E-state index in [2.05, 4.69) is 19.9 Å². The molecule has 0 radical (unpaired) electrons. The minimum absolute atomic E-state index is 0. The molecule has 0 amide bonds. The van der Waals surface area contributed by atoms with Gasteiger partial charge in [0, 0.05) is 6.61 Å². The van der Waals surface area contributed by atoms with Crippen LogP contribution in [0.25, 0.3) is 0 Å². The van der Waals surface area contributed by atoms with Crippen molar-refractivity contribution in [1.29, 1.82) is 0 Å². The number of hydrogen-bond acceptors (Lipinski definition) is 2. The molecule has 0 aliphatic rings. The minimum Gasteiger partial charge on any atom is -0.355 e. The molecule has 2 nitrogen and oxygen atoms in total. The molecule has 0 atom stereocenters. The molecule has 3 heteroatoms. The van der Waals surface area contributed by atoms with Crippen LogP contribution in [-0.2, 0) is 9.47 Å². The van der Waals surface area contributed by atoms with Crippen LogP contribution < -0.4 is 18.9 Å². The predicted octanol–water partition coefficient (Wildman–Crippen LogP) is -0.0483. The third-order valence-electron chi connectivity index (χ3n) is 1.57.